The molecule has 0 saturated carbocycles. The first-order chi connectivity index (χ1) is 13.2. The van der Waals surface area contributed by atoms with Gasteiger partial charge in [0.25, 0.3) is 5.91 Å². The summed E-state index contributed by atoms with van der Waals surface area (Å²) < 4.78 is 5.78. The van der Waals surface area contributed by atoms with Gasteiger partial charge in [-0.15, -0.1) is 0 Å². The molecule has 1 aromatic rings. The van der Waals surface area contributed by atoms with E-state index >= 15 is 0 Å². The Morgan fingerprint density at radius 3 is 2.57 bits per heavy atom. The first-order valence-electron chi connectivity index (χ1n) is 10.2. The summed E-state index contributed by atoms with van der Waals surface area (Å²) in [5.74, 6) is 0.134. The molecule has 28 heavy (non-hydrogen) atoms. The van der Waals surface area contributed by atoms with Crippen molar-refractivity contribution in [3.63, 3.8) is 0 Å². The third-order valence-corrected chi connectivity index (χ3v) is 5.77. The van der Waals surface area contributed by atoms with Gasteiger partial charge in [-0.2, -0.15) is 0 Å². The molecule has 0 aliphatic carbocycles. The number of carbonyl (C=O) groups excluding carboxylic acids is 2. The molecule has 8 heteroatoms. The third-order valence-electron chi connectivity index (χ3n) is 5.77. The van der Waals surface area contributed by atoms with Crippen LogP contribution in [0.1, 0.15) is 75.5 Å². The van der Waals surface area contributed by atoms with Gasteiger partial charge in [-0.3, -0.25) is 4.79 Å². The number of hydrogen-bond donors (Lipinski definition) is 1. The second-order valence-electron chi connectivity index (χ2n) is 8.30. The van der Waals surface area contributed by atoms with Crippen molar-refractivity contribution in [1.29, 1.82) is 0 Å². The molecule has 8 nitrogen and oxygen atoms in total. The lowest BCUT2D eigenvalue weighted by molar-refractivity contribution is 0.00289. The van der Waals surface area contributed by atoms with E-state index in [2.05, 4.69) is 23.8 Å². The van der Waals surface area contributed by atoms with Crippen LogP contribution in [0, 0.1) is 0 Å². The molecule has 2 amide bonds. The summed E-state index contributed by atoms with van der Waals surface area (Å²) in [7, 11) is 0. The summed E-state index contributed by atoms with van der Waals surface area (Å²) in [5, 5.41) is 0. The van der Waals surface area contributed by atoms with Gasteiger partial charge in [0, 0.05) is 37.7 Å². The van der Waals surface area contributed by atoms with Crippen molar-refractivity contribution < 1.29 is 14.3 Å². The summed E-state index contributed by atoms with van der Waals surface area (Å²) in [4.78, 5) is 37.2. The van der Waals surface area contributed by atoms with Gasteiger partial charge in [-0.1, -0.05) is 27.2 Å². The summed E-state index contributed by atoms with van der Waals surface area (Å²) in [6.45, 7) is 9.84. The standard InChI is InChI=1S/C20H31N5O3/c1-5-6-14(4)25-12-20(28-19(25)27)7-9-24(10-8-20)17(26)16-11-15(13(2)3)22-18(21)23-16/h11,13-14H,5-10,12H2,1-4H3,(H2,21,22,23). The van der Waals surface area contributed by atoms with Crippen molar-refractivity contribution in [2.24, 2.45) is 0 Å². The maximum absolute atomic E-state index is 12.9. The Morgan fingerprint density at radius 2 is 1.96 bits per heavy atom. The van der Waals surface area contributed by atoms with E-state index in [4.69, 9.17) is 10.5 Å². The SMILES string of the molecule is CCCC(C)N1CC2(CCN(C(=O)c3cc(C(C)C)nc(N)n3)CC2)OC1=O. The molecule has 2 N–H and O–H groups in total. The van der Waals surface area contributed by atoms with Crippen molar-refractivity contribution in [2.45, 2.75) is 70.9 Å². The average Bonchev–Trinajstić information content (AvgIpc) is 2.97. The molecule has 0 aromatic carbocycles. The zero-order valence-corrected chi connectivity index (χ0v) is 17.3. The molecule has 2 saturated heterocycles. The van der Waals surface area contributed by atoms with Gasteiger partial charge >= 0.3 is 6.09 Å². The summed E-state index contributed by atoms with van der Waals surface area (Å²) in [6.07, 6.45) is 3.03. The second-order valence-corrected chi connectivity index (χ2v) is 8.30. The zero-order chi connectivity index (χ0) is 20.5. The lowest BCUT2D eigenvalue weighted by Crippen LogP contribution is -2.49. The topological polar surface area (TPSA) is 102 Å². The number of rotatable bonds is 5. The van der Waals surface area contributed by atoms with E-state index in [1.807, 2.05) is 18.7 Å². The number of nitrogens with two attached hydrogens (primary N) is 1. The molecule has 1 aromatic heterocycles. The smallest absolute Gasteiger partial charge is 0.410 e. The predicted molar refractivity (Wildman–Crippen MR) is 106 cm³/mol. The van der Waals surface area contributed by atoms with E-state index in [0.717, 1.165) is 18.5 Å². The van der Waals surface area contributed by atoms with Crippen LogP contribution in [0.25, 0.3) is 0 Å². The van der Waals surface area contributed by atoms with E-state index in [1.165, 1.54) is 0 Å². The van der Waals surface area contributed by atoms with Crippen LogP contribution < -0.4 is 5.73 Å². The quantitative estimate of drug-likeness (QED) is 0.831. The summed E-state index contributed by atoms with van der Waals surface area (Å²) in [6, 6.07) is 1.90. The fourth-order valence-electron chi connectivity index (χ4n) is 3.99. The van der Waals surface area contributed by atoms with Crippen LogP contribution in [-0.2, 0) is 4.74 Å². The number of amides is 2. The minimum atomic E-state index is -0.482. The normalized spacial score (nSPS) is 20.0. The first-order valence-corrected chi connectivity index (χ1v) is 10.2. The van der Waals surface area contributed by atoms with Gasteiger partial charge < -0.3 is 20.3 Å². The molecule has 154 valence electrons. The zero-order valence-electron chi connectivity index (χ0n) is 17.3. The fourth-order valence-corrected chi connectivity index (χ4v) is 3.99. The number of likely N-dealkylation sites (tertiary alicyclic amines) is 1. The third kappa shape index (κ3) is 4.05. The largest absolute Gasteiger partial charge is 0.441 e. The molecule has 2 fully saturated rings. The fraction of sp³-hybridized carbons (Fsp3) is 0.700. The number of nitrogens with zero attached hydrogens (tertiary/aromatic N) is 4. The molecule has 1 atom stereocenters. The van der Waals surface area contributed by atoms with Gasteiger partial charge in [0.2, 0.25) is 5.95 Å². The monoisotopic (exact) mass is 389 g/mol. The highest BCUT2D eigenvalue weighted by molar-refractivity contribution is 5.92. The van der Waals surface area contributed by atoms with Crippen molar-refractivity contribution in [3.05, 3.63) is 17.5 Å². The van der Waals surface area contributed by atoms with Crippen molar-refractivity contribution in [1.82, 2.24) is 19.8 Å². The second kappa shape index (κ2) is 7.93. The Kier molecular flexibility index (Phi) is 5.76. The van der Waals surface area contributed by atoms with Gasteiger partial charge in [0.1, 0.15) is 11.3 Å². The molecular weight excluding hydrogens is 358 g/mol. The minimum absolute atomic E-state index is 0.119. The van der Waals surface area contributed by atoms with E-state index in [1.54, 1.807) is 11.0 Å². The molecular formula is C20H31N5O3. The molecule has 3 rings (SSSR count). The summed E-state index contributed by atoms with van der Waals surface area (Å²) in [5.41, 5.74) is 6.39. The average molecular weight is 390 g/mol. The van der Waals surface area contributed by atoms with Gasteiger partial charge in [-0.05, 0) is 25.3 Å². The number of carbonyl (C=O) groups is 2. The number of anilines is 1. The van der Waals surface area contributed by atoms with Crippen molar-refractivity contribution >= 4 is 17.9 Å². The summed E-state index contributed by atoms with van der Waals surface area (Å²) >= 11 is 0. The van der Waals surface area contributed by atoms with E-state index in [-0.39, 0.29) is 29.9 Å². The minimum Gasteiger partial charge on any atom is -0.441 e. The van der Waals surface area contributed by atoms with Crippen LogP contribution in [-0.4, -0.2) is 63.0 Å². The molecule has 0 bridgehead atoms. The Morgan fingerprint density at radius 1 is 1.29 bits per heavy atom. The molecule has 0 radical (unpaired) electrons. The van der Waals surface area contributed by atoms with Gasteiger partial charge in [0.15, 0.2) is 0 Å². The Bertz CT molecular complexity index is 743. The maximum atomic E-state index is 12.9. The Balaban J connectivity index is 1.66. The van der Waals surface area contributed by atoms with Crippen molar-refractivity contribution in [2.75, 3.05) is 25.4 Å². The number of hydrogen-bond acceptors (Lipinski definition) is 6. The number of ether oxygens (including phenoxy) is 1. The Hall–Kier alpha value is -2.38. The van der Waals surface area contributed by atoms with Crippen LogP contribution in [0.4, 0.5) is 10.7 Å². The molecule has 2 aliphatic rings. The van der Waals surface area contributed by atoms with Crippen LogP contribution in [0.2, 0.25) is 0 Å². The van der Waals surface area contributed by atoms with Crippen LogP contribution in [0.5, 0.6) is 0 Å². The highest BCUT2D eigenvalue weighted by Gasteiger charge is 2.48. The molecule has 3 heterocycles. The van der Waals surface area contributed by atoms with Crippen LogP contribution >= 0.6 is 0 Å². The lowest BCUT2D eigenvalue weighted by Gasteiger charge is -2.37. The van der Waals surface area contributed by atoms with Gasteiger partial charge in [-0.25, -0.2) is 14.8 Å². The van der Waals surface area contributed by atoms with E-state index < -0.39 is 5.60 Å². The highest BCUT2D eigenvalue weighted by atomic mass is 16.6. The van der Waals surface area contributed by atoms with Gasteiger partial charge in [0.05, 0.1) is 6.54 Å². The number of nitrogen functional groups attached to an aromatic ring is 1. The van der Waals surface area contributed by atoms with Crippen LogP contribution in [0.15, 0.2) is 6.07 Å². The maximum Gasteiger partial charge on any atom is 0.410 e. The van der Waals surface area contributed by atoms with E-state index in [0.29, 0.717) is 38.2 Å². The molecule has 1 unspecified atom stereocenters. The van der Waals surface area contributed by atoms with Crippen molar-refractivity contribution in [3.8, 4) is 0 Å². The lowest BCUT2D eigenvalue weighted by atomic mass is 9.90. The Labute approximate surface area is 166 Å². The first kappa shape index (κ1) is 20.4. The molecule has 1 spiro atoms. The van der Waals surface area contributed by atoms with Crippen LogP contribution in [0.3, 0.4) is 0 Å². The predicted octanol–water partition coefficient (Wildman–Crippen LogP) is 2.80. The number of piperidine rings is 1. The molecule has 2 aliphatic heterocycles. The highest BCUT2D eigenvalue weighted by Crippen LogP contribution is 2.35. The van der Waals surface area contributed by atoms with E-state index in [9.17, 15) is 9.59 Å². The number of aromatic nitrogens is 2.